The minimum atomic E-state index is 0.0327. The highest BCUT2D eigenvalue weighted by atomic mass is 16.5. The van der Waals surface area contributed by atoms with Gasteiger partial charge in [-0.2, -0.15) is 0 Å². The SMILES string of the molecule is COCC(CNc1cc(C)ncn1)OC. The molecule has 0 bridgehead atoms. The van der Waals surface area contributed by atoms with Crippen LogP contribution in [-0.4, -0.2) is 43.4 Å². The third-order valence-corrected chi connectivity index (χ3v) is 2.00. The van der Waals surface area contributed by atoms with Gasteiger partial charge in [-0.15, -0.1) is 0 Å². The lowest BCUT2D eigenvalue weighted by atomic mass is 10.3. The summed E-state index contributed by atoms with van der Waals surface area (Å²) in [7, 11) is 3.32. The van der Waals surface area contributed by atoms with E-state index >= 15 is 0 Å². The van der Waals surface area contributed by atoms with Gasteiger partial charge in [0.25, 0.3) is 0 Å². The molecule has 0 aliphatic heterocycles. The van der Waals surface area contributed by atoms with Gasteiger partial charge in [-0.25, -0.2) is 9.97 Å². The van der Waals surface area contributed by atoms with Crippen LogP contribution in [-0.2, 0) is 9.47 Å². The lowest BCUT2D eigenvalue weighted by molar-refractivity contribution is 0.0365. The number of methoxy groups -OCH3 is 2. The normalized spacial score (nSPS) is 12.5. The lowest BCUT2D eigenvalue weighted by Gasteiger charge is -2.15. The molecule has 0 radical (unpaired) electrons. The van der Waals surface area contributed by atoms with Gasteiger partial charge in [-0.1, -0.05) is 0 Å². The van der Waals surface area contributed by atoms with Gasteiger partial charge in [0.1, 0.15) is 12.1 Å². The number of rotatable bonds is 6. The van der Waals surface area contributed by atoms with Crippen molar-refractivity contribution in [3.8, 4) is 0 Å². The molecule has 1 rings (SSSR count). The average molecular weight is 211 g/mol. The number of aromatic nitrogens is 2. The van der Waals surface area contributed by atoms with Crippen molar-refractivity contribution in [3.63, 3.8) is 0 Å². The molecule has 0 aliphatic rings. The van der Waals surface area contributed by atoms with Crippen molar-refractivity contribution >= 4 is 5.82 Å². The molecule has 1 atom stereocenters. The van der Waals surface area contributed by atoms with Crippen LogP contribution in [0.15, 0.2) is 12.4 Å². The van der Waals surface area contributed by atoms with Gasteiger partial charge in [0, 0.05) is 32.5 Å². The molecule has 5 nitrogen and oxygen atoms in total. The Balaban J connectivity index is 2.41. The summed E-state index contributed by atoms with van der Waals surface area (Å²) in [6.45, 7) is 3.16. The number of aryl methyl sites for hydroxylation is 1. The number of hydrogen-bond acceptors (Lipinski definition) is 5. The monoisotopic (exact) mass is 211 g/mol. The Kier molecular flexibility index (Phi) is 5.00. The third kappa shape index (κ3) is 4.22. The first kappa shape index (κ1) is 11.9. The molecule has 1 heterocycles. The number of hydrogen-bond donors (Lipinski definition) is 1. The number of ether oxygens (including phenoxy) is 2. The van der Waals surface area contributed by atoms with Crippen LogP contribution in [0.3, 0.4) is 0 Å². The van der Waals surface area contributed by atoms with Crippen molar-refractivity contribution in [2.75, 3.05) is 32.7 Å². The van der Waals surface area contributed by atoms with Gasteiger partial charge in [0.05, 0.1) is 12.7 Å². The number of nitrogens with zero attached hydrogens (tertiary/aromatic N) is 2. The highest BCUT2D eigenvalue weighted by Gasteiger charge is 2.06. The van der Waals surface area contributed by atoms with Gasteiger partial charge >= 0.3 is 0 Å². The summed E-state index contributed by atoms with van der Waals surface area (Å²) in [5, 5.41) is 3.17. The predicted octanol–water partition coefficient (Wildman–Crippen LogP) is 0.858. The van der Waals surface area contributed by atoms with Gasteiger partial charge in [0.15, 0.2) is 0 Å². The van der Waals surface area contributed by atoms with Crippen molar-refractivity contribution in [1.82, 2.24) is 9.97 Å². The zero-order chi connectivity index (χ0) is 11.1. The van der Waals surface area contributed by atoms with E-state index in [9.17, 15) is 0 Å². The van der Waals surface area contributed by atoms with Gasteiger partial charge < -0.3 is 14.8 Å². The summed E-state index contributed by atoms with van der Waals surface area (Å²) < 4.78 is 10.2. The summed E-state index contributed by atoms with van der Waals surface area (Å²) in [5.41, 5.74) is 0.938. The molecule has 15 heavy (non-hydrogen) atoms. The van der Waals surface area contributed by atoms with Crippen LogP contribution in [0.1, 0.15) is 5.69 Å². The Morgan fingerprint density at radius 1 is 1.40 bits per heavy atom. The Morgan fingerprint density at radius 2 is 2.20 bits per heavy atom. The second-order valence-electron chi connectivity index (χ2n) is 3.24. The maximum Gasteiger partial charge on any atom is 0.129 e. The molecule has 0 spiro atoms. The van der Waals surface area contributed by atoms with Gasteiger partial charge in [-0.05, 0) is 6.92 Å². The molecule has 1 aromatic rings. The average Bonchev–Trinajstić information content (AvgIpc) is 2.24. The maximum atomic E-state index is 5.21. The van der Waals surface area contributed by atoms with Crippen molar-refractivity contribution in [2.45, 2.75) is 13.0 Å². The fourth-order valence-electron chi connectivity index (χ4n) is 1.17. The van der Waals surface area contributed by atoms with E-state index in [1.54, 1.807) is 14.2 Å². The molecule has 0 saturated heterocycles. The highest BCUT2D eigenvalue weighted by Crippen LogP contribution is 2.03. The molecule has 0 aromatic carbocycles. The lowest BCUT2D eigenvalue weighted by Crippen LogP contribution is -2.26. The van der Waals surface area contributed by atoms with E-state index in [4.69, 9.17) is 9.47 Å². The minimum absolute atomic E-state index is 0.0327. The highest BCUT2D eigenvalue weighted by molar-refractivity contribution is 5.34. The van der Waals surface area contributed by atoms with Crippen molar-refractivity contribution < 1.29 is 9.47 Å². The standard InChI is InChI=1S/C10H17N3O2/c1-8-4-10(13-7-12-8)11-5-9(15-3)6-14-2/h4,7,9H,5-6H2,1-3H3,(H,11,12,13). The molecule has 1 unspecified atom stereocenters. The smallest absolute Gasteiger partial charge is 0.129 e. The van der Waals surface area contributed by atoms with E-state index < -0.39 is 0 Å². The molecular formula is C10H17N3O2. The van der Waals surface area contributed by atoms with E-state index in [-0.39, 0.29) is 6.10 Å². The summed E-state index contributed by atoms with van der Waals surface area (Å²) in [4.78, 5) is 8.10. The van der Waals surface area contributed by atoms with E-state index in [0.717, 1.165) is 11.5 Å². The minimum Gasteiger partial charge on any atom is -0.382 e. The number of anilines is 1. The van der Waals surface area contributed by atoms with Crippen LogP contribution in [0.25, 0.3) is 0 Å². The summed E-state index contributed by atoms with van der Waals surface area (Å²) in [5.74, 6) is 0.806. The Bertz CT molecular complexity index is 294. The molecule has 5 heteroatoms. The fourth-order valence-corrected chi connectivity index (χ4v) is 1.17. The van der Waals surface area contributed by atoms with Crippen LogP contribution in [0.2, 0.25) is 0 Å². The van der Waals surface area contributed by atoms with Crippen LogP contribution in [0.5, 0.6) is 0 Å². The largest absolute Gasteiger partial charge is 0.382 e. The number of nitrogens with one attached hydrogen (secondary N) is 1. The molecule has 84 valence electrons. The maximum absolute atomic E-state index is 5.21. The first-order chi connectivity index (χ1) is 7.26. The first-order valence-corrected chi connectivity index (χ1v) is 4.80. The van der Waals surface area contributed by atoms with Gasteiger partial charge in [0.2, 0.25) is 0 Å². The Hall–Kier alpha value is -1.20. The second-order valence-corrected chi connectivity index (χ2v) is 3.24. The zero-order valence-corrected chi connectivity index (χ0v) is 9.36. The quantitative estimate of drug-likeness (QED) is 0.756. The van der Waals surface area contributed by atoms with Crippen LogP contribution < -0.4 is 5.32 Å². The van der Waals surface area contributed by atoms with Crippen LogP contribution in [0, 0.1) is 6.92 Å². The molecule has 0 amide bonds. The van der Waals surface area contributed by atoms with E-state index in [1.807, 2.05) is 13.0 Å². The van der Waals surface area contributed by atoms with Crippen molar-refractivity contribution in [1.29, 1.82) is 0 Å². The summed E-state index contributed by atoms with van der Waals surface area (Å²) >= 11 is 0. The fraction of sp³-hybridized carbons (Fsp3) is 0.600. The van der Waals surface area contributed by atoms with Gasteiger partial charge in [-0.3, -0.25) is 0 Å². The van der Waals surface area contributed by atoms with Crippen molar-refractivity contribution in [2.24, 2.45) is 0 Å². The molecule has 0 aliphatic carbocycles. The molecule has 1 N–H and O–H groups in total. The van der Waals surface area contributed by atoms with E-state index in [1.165, 1.54) is 6.33 Å². The summed E-state index contributed by atoms with van der Waals surface area (Å²) in [6, 6.07) is 1.89. The molecule has 1 aromatic heterocycles. The Morgan fingerprint density at radius 3 is 2.80 bits per heavy atom. The third-order valence-electron chi connectivity index (χ3n) is 2.00. The summed E-state index contributed by atoms with van der Waals surface area (Å²) in [6.07, 6.45) is 1.57. The Labute approximate surface area is 89.8 Å². The van der Waals surface area contributed by atoms with E-state index in [2.05, 4.69) is 15.3 Å². The molecule has 0 fully saturated rings. The predicted molar refractivity (Wildman–Crippen MR) is 57.9 cm³/mol. The second kappa shape index (κ2) is 6.31. The van der Waals surface area contributed by atoms with Crippen LogP contribution in [0.4, 0.5) is 5.82 Å². The molecular weight excluding hydrogens is 194 g/mol. The topological polar surface area (TPSA) is 56.3 Å². The van der Waals surface area contributed by atoms with Crippen molar-refractivity contribution in [3.05, 3.63) is 18.1 Å². The first-order valence-electron chi connectivity index (χ1n) is 4.80. The van der Waals surface area contributed by atoms with Crippen LogP contribution >= 0.6 is 0 Å². The van der Waals surface area contributed by atoms with E-state index in [0.29, 0.717) is 13.2 Å². The zero-order valence-electron chi connectivity index (χ0n) is 9.36. The molecule has 0 saturated carbocycles.